The first-order valence-corrected chi connectivity index (χ1v) is 5.22. The summed E-state index contributed by atoms with van der Waals surface area (Å²) in [5, 5.41) is 4.16. The molecule has 2 heterocycles. The molecule has 4 heteroatoms. The van der Waals surface area contributed by atoms with E-state index in [1.807, 2.05) is 24.3 Å². The van der Waals surface area contributed by atoms with Gasteiger partial charge in [0.25, 0.3) is 0 Å². The van der Waals surface area contributed by atoms with E-state index in [2.05, 4.69) is 5.32 Å². The highest BCUT2D eigenvalue weighted by atomic mass is 16.5. The van der Waals surface area contributed by atoms with E-state index in [-0.39, 0.29) is 5.91 Å². The van der Waals surface area contributed by atoms with Gasteiger partial charge in [-0.1, -0.05) is 0 Å². The Morgan fingerprint density at radius 3 is 3.00 bits per heavy atom. The number of nitrogens with zero attached hydrogens (tertiary/aromatic N) is 1. The first-order valence-electron chi connectivity index (χ1n) is 5.22. The lowest BCUT2D eigenvalue weighted by Gasteiger charge is -2.15. The minimum atomic E-state index is 0.0875. The fourth-order valence-corrected chi connectivity index (χ4v) is 2.17. The number of hydrogen-bond acceptors (Lipinski definition) is 3. The second kappa shape index (κ2) is 3.35. The lowest BCUT2D eigenvalue weighted by Crippen LogP contribution is -2.34. The summed E-state index contributed by atoms with van der Waals surface area (Å²) in [5.74, 6) is 0.865. The highest BCUT2D eigenvalue weighted by Gasteiger charge is 2.19. The largest absolute Gasteiger partial charge is 0.497 e. The monoisotopic (exact) mass is 216 g/mol. The van der Waals surface area contributed by atoms with Gasteiger partial charge in [-0.25, -0.2) is 0 Å². The Morgan fingerprint density at radius 1 is 1.31 bits per heavy atom. The average Bonchev–Trinajstić information content (AvgIpc) is 2.67. The van der Waals surface area contributed by atoms with E-state index in [1.54, 1.807) is 11.7 Å². The van der Waals surface area contributed by atoms with Crippen molar-refractivity contribution in [3.05, 3.63) is 30.0 Å². The van der Waals surface area contributed by atoms with Crippen LogP contribution in [0.1, 0.15) is 10.5 Å². The second-order valence-electron chi connectivity index (χ2n) is 3.89. The lowest BCUT2D eigenvalue weighted by molar-refractivity contribution is 0.0900. The van der Waals surface area contributed by atoms with Gasteiger partial charge in [0.1, 0.15) is 5.75 Å². The Bertz CT molecular complexity index is 572. The van der Waals surface area contributed by atoms with Crippen molar-refractivity contribution >= 4 is 16.8 Å². The van der Waals surface area contributed by atoms with Crippen LogP contribution in [-0.4, -0.2) is 24.1 Å². The van der Waals surface area contributed by atoms with E-state index < -0.39 is 0 Å². The van der Waals surface area contributed by atoms with Gasteiger partial charge in [0.15, 0.2) is 0 Å². The zero-order chi connectivity index (χ0) is 11.1. The van der Waals surface area contributed by atoms with Crippen LogP contribution in [0.15, 0.2) is 24.3 Å². The van der Waals surface area contributed by atoms with Crippen molar-refractivity contribution in [3.63, 3.8) is 0 Å². The number of carbonyl (C=O) groups excluding carboxylic acids is 1. The fraction of sp³-hybridized carbons (Fsp3) is 0.250. The predicted octanol–water partition coefficient (Wildman–Crippen LogP) is 1.39. The van der Waals surface area contributed by atoms with E-state index in [1.165, 1.54) is 0 Å². The molecule has 0 radical (unpaired) electrons. The maximum atomic E-state index is 11.8. The van der Waals surface area contributed by atoms with Crippen LogP contribution < -0.4 is 10.1 Å². The van der Waals surface area contributed by atoms with E-state index in [4.69, 9.17) is 4.74 Å². The van der Waals surface area contributed by atoms with Crippen molar-refractivity contribution in [1.29, 1.82) is 0 Å². The Balaban J connectivity index is 2.31. The summed E-state index contributed by atoms with van der Waals surface area (Å²) in [5.41, 5.74) is 1.94. The van der Waals surface area contributed by atoms with Gasteiger partial charge in [-0.3, -0.25) is 9.36 Å². The molecule has 3 rings (SSSR count). The Labute approximate surface area is 92.8 Å². The molecule has 1 aromatic carbocycles. The quantitative estimate of drug-likeness (QED) is 0.783. The lowest BCUT2D eigenvalue weighted by atomic mass is 10.2. The van der Waals surface area contributed by atoms with E-state index in [0.29, 0.717) is 6.54 Å². The van der Waals surface area contributed by atoms with Crippen LogP contribution in [0.2, 0.25) is 0 Å². The van der Waals surface area contributed by atoms with Crippen molar-refractivity contribution < 1.29 is 9.53 Å². The molecule has 0 atom stereocenters. The number of benzene rings is 1. The molecule has 0 spiro atoms. The van der Waals surface area contributed by atoms with Crippen LogP contribution in [0.3, 0.4) is 0 Å². The second-order valence-corrected chi connectivity index (χ2v) is 3.89. The number of methoxy groups -OCH3 is 1. The van der Waals surface area contributed by atoms with E-state index in [9.17, 15) is 4.79 Å². The van der Waals surface area contributed by atoms with E-state index >= 15 is 0 Å². The molecule has 82 valence electrons. The van der Waals surface area contributed by atoms with Gasteiger partial charge < -0.3 is 10.1 Å². The number of rotatable bonds is 1. The molecule has 2 aromatic rings. The third kappa shape index (κ3) is 1.23. The number of aromatic nitrogens is 1. The van der Waals surface area contributed by atoms with Crippen LogP contribution in [0.25, 0.3) is 10.9 Å². The van der Waals surface area contributed by atoms with Gasteiger partial charge in [-0.05, 0) is 18.2 Å². The van der Waals surface area contributed by atoms with E-state index in [0.717, 1.165) is 28.9 Å². The van der Waals surface area contributed by atoms with Crippen molar-refractivity contribution in [2.24, 2.45) is 0 Å². The highest BCUT2D eigenvalue weighted by molar-refractivity contribution is 5.95. The molecule has 0 aliphatic carbocycles. The van der Waals surface area contributed by atoms with Crippen molar-refractivity contribution in [2.75, 3.05) is 13.7 Å². The zero-order valence-electron chi connectivity index (χ0n) is 8.99. The van der Waals surface area contributed by atoms with Crippen molar-refractivity contribution in [1.82, 2.24) is 9.88 Å². The van der Waals surface area contributed by atoms with Gasteiger partial charge >= 0.3 is 0 Å². The fourth-order valence-electron chi connectivity index (χ4n) is 2.17. The Hall–Kier alpha value is -1.81. The molecular weight excluding hydrogens is 204 g/mol. The number of nitrogens with one attached hydrogen (secondary N) is 1. The molecule has 0 fully saturated rings. The van der Waals surface area contributed by atoms with Crippen LogP contribution in [0.5, 0.6) is 5.75 Å². The first-order chi connectivity index (χ1) is 7.79. The number of carbonyl (C=O) groups is 1. The molecule has 16 heavy (non-hydrogen) atoms. The molecule has 1 N–H and O–H groups in total. The number of fused-ring (bicyclic) bond motifs is 3. The molecule has 0 saturated heterocycles. The molecule has 0 bridgehead atoms. The first kappa shape index (κ1) is 9.42. The predicted molar refractivity (Wildman–Crippen MR) is 60.8 cm³/mol. The van der Waals surface area contributed by atoms with Gasteiger partial charge in [-0.15, -0.1) is 0 Å². The summed E-state index contributed by atoms with van der Waals surface area (Å²) in [4.78, 5) is 11.8. The van der Waals surface area contributed by atoms with Crippen LogP contribution >= 0.6 is 0 Å². The molecule has 1 aliphatic heterocycles. The van der Waals surface area contributed by atoms with Crippen LogP contribution in [0.4, 0.5) is 0 Å². The maximum absolute atomic E-state index is 11.8. The summed E-state index contributed by atoms with van der Waals surface area (Å²) in [7, 11) is 1.63. The summed E-state index contributed by atoms with van der Waals surface area (Å²) in [6.07, 6.45) is 0. The van der Waals surface area contributed by atoms with Gasteiger partial charge in [0, 0.05) is 23.7 Å². The molecule has 1 aromatic heterocycles. The zero-order valence-corrected chi connectivity index (χ0v) is 8.99. The minimum absolute atomic E-state index is 0.0875. The van der Waals surface area contributed by atoms with Gasteiger partial charge in [0.05, 0.1) is 19.2 Å². The summed E-state index contributed by atoms with van der Waals surface area (Å²) in [6, 6.07) is 7.83. The topological polar surface area (TPSA) is 43.3 Å². The third-order valence-corrected chi connectivity index (χ3v) is 2.92. The highest BCUT2D eigenvalue weighted by Crippen LogP contribution is 2.25. The minimum Gasteiger partial charge on any atom is -0.497 e. The molecule has 0 amide bonds. The Morgan fingerprint density at radius 2 is 2.19 bits per heavy atom. The summed E-state index contributed by atoms with van der Waals surface area (Å²) in [6.45, 7) is 1.14. The summed E-state index contributed by atoms with van der Waals surface area (Å²) < 4.78 is 6.95. The SMILES string of the molecule is COc1ccc2cc3n(c2c1)C(=O)CNC3. The number of ether oxygens (including phenoxy) is 1. The molecule has 0 saturated carbocycles. The third-order valence-electron chi connectivity index (χ3n) is 2.92. The molecule has 0 unspecified atom stereocenters. The van der Waals surface area contributed by atoms with Gasteiger partial charge in [0.2, 0.25) is 5.91 Å². The maximum Gasteiger partial charge on any atom is 0.245 e. The molecule has 1 aliphatic rings. The van der Waals surface area contributed by atoms with Crippen molar-refractivity contribution in [2.45, 2.75) is 6.54 Å². The smallest absolute Gasteiger partial charge is 0.245 e. The van der Waals surface area contributed by atoms with Crippen LogP contribution in [-0.2, 0) is 6.54 Å². The van der Waals surface area contributed by atoms with Gasteiger partial charge in [-0.2, -0.15) is 0 Å². The standard InChI is InChI=1S/C12H12N2O2/c1-16-10-3-2-8-4-9-6-13-7-12(15)14(9)11(8)5-10/h2-5,13H,6-7H2,1H3. The molecule has 4 nitrogen and oxygen atoms in total. The average molecular weight is 216 g/mol. The normalized spacial score (nSPS) is 15.2. The summed E-state index contributed by atoms with van der Waals surface area (Å²) >= 11 is 0. The van der Waals surface area contributed by atoms with Crippen LogP contribution in [0, 0.1) is 0 Å². The number of hydrogen-bond donors (Lipinski definition) is 1. The Kier molecular flexibility index (Phi) is 1.97. The van der Waals surface area contributed by atoms with Crippen molar-refractivity contribution in [3.8, 4) is 5.75 Å². The molecular formula is C12H12N2O2.